The van der Waals surface area contributed by atoms with Crippen molar-refractivity contribution in [1.82, 2.24) is 9.99 Å². The average Bonchev–Trinajstić information content (AvgIpc) is 2.57. The Kier molecular flexibility index (Phi) is 2.45. The minimum atomic E-state index is 0.944. The number of hydrogen-bond acceptors (Lipinski definition) is 4. The summed E-state index contributed by atoms with van der Waals surface area (Å²) < 4.78 is 1.20. The molecule has 1 aromatic carbocycles. The lowest BCUT2D eigenvalue weighted by atomic mass is 10.3. The first kappa shape index (κ1) is 9.15. The van der Waals surface area contributed by atoms with E-state index in [4.69, 9.17) is 0 Å². The van der Waals surface area contributed by atoms with Gasteiger partial charge >= 0.3 is 0 Å². The van der Waals surface area contributed by atoms with Gasteiger partial charge in [-0.25, -0.2) is 4.98 Å². The van der Waals surface area contributed by atoms with Crippen molar-refractivity contribution in [1.29, 1.82) is 0 Å². The minimum absolute atomic E-state index is 0.944. The van der Waals surface area contributed by atoms with Crippen LogP contribution in [0.1, 0.15) is 5.01 Å². The Bertz CT molecular complexity index is 426. The summed E-state index contributed by atoms with van der Waals surface area (Å²) in [7, 11) is 3.79. The SMILES string of the molecule is CN(C)N=Cc1nc2ccccc2s1. The normalized spacial score (nSPS) is 11.3. The van der Waals surface area contributed by atoms with E-state index in [1.807, 2.05) is 32.3 Å². The van der Waals surface area contributed by atoms with Crippen molar-refractivity contribution in [3.05, 3.63) is 29.3 Å². The van der Waals surface area contributed by atoms with Crippen LogP contribution in [0.2, 0.25) is 0 Å². The number of para-hydroxylation sites is 1. The first-order chi connectivity index (χ1) is 6.75. The van der Waals surface area contributed by atoms with Crippen LogP contribution >= 0.6 is 11.3 Å². The summed E-state index contributed by atoms with van der Waals surface area (Å²) in [6, 6.07) is 8.10. The molecular formula is C10H11N3S. The maximum atomic E-state index is 4.43. The Balaban J connectivity index is 2.36. The van der Waals surface area contributed by atoms with E-state index in [2.05, 4.69) is 16.2 Å². The maximum Gasteiger partial charge on any atom is 0.137 e. The predicted octanol–water partition coefficient (Wildman–Crippen LogP) is 2.19. The molecule has 0 amide bonds. The van der Waals surface area contributed by atoms with E-state index in [0.717, 1.165) is 10.5 Å². The molecule has 0 N–H and O–H groups in total. The highest BCUT2D eigenvalue weighted by molar-refractivity contribution is 7.20. The summed E-state index contributed by atoms with van der Waals surface area (Å²) in [4.78, 5) is 4.43. The molecule has 0 saturated heterocycles. The first-order valence-corrected chi connectivity index (χ1v) is 5.14. The lowest BCUT2D eigenvalue weighted by Crippen LogP contribution is -2.01. The highest BCUT2D eigenvalue weighted by atomic mass is 32.1. The molecule has 0 radical (unpaired) electrons. The summed E-state index contributed by atoms with van der Waals surface area (Å²) in [5.74, 6) is 0. The monoisotopic (exact) mass is 205 g/mol. The first-order valence-electron chi connectivity index (χ1n) is 4.32. The lowest BCUT2D eigenvalue weighted by Gasteiger charge is -1.99. The third-order valence-corrected chi connectivity index (χ3v) is 2.68. The molecule has 0 spiro atoms. The van der Waals surface area contributed by atoms with Gasteiger partial charge in [-0.3, -0.25) is 0 Å². The molecule has 0 fully saturated rings. The summed E-state index contributed by atoms with van der Waals surface area (Å²) in [5.41, 5.74) is 1.04. The number of thiazole rings is 1. The smallest absolute Gasteiger partial charge is 0.137 e. The number of fused-ring (bicyclic) bond motifs is 1. The van der Waals surface area contributed by atoms with Crippen molar-refractivity contribution < 1.29 is 0 Å². The maximum absolute atomic E-state index is 4.43. The van der Waals surface area contributed by atoms with Crippen LogP contribution in [0.15, 0.2) is 29.4 Å². The molecule has 1 aromatic heterocycles. The molecule has 72 valence electrons. The van der Waals surface area contributed by atoms with Gasteiger partial charge in [0, 0.05) is 14.1 Å². The molecule has 0 aliphatic rings. The van der Waals surface area contributed by atoms with Gasteiger partial charge in [-0.1, -0.05) is 12.1 Å². The van der Waals surface area contributed by atoms with Gasteiger partial charge in [0.1, 0.15) is 5.01 Å². The molecule has 14 heavy (non-hydrogen) atoms. The van der Waals surface area contributed by atoms with Crippen LogP contribution in [0.5, 0.6) is 0 Å². The Hall–Kier alpha value is -1.42. The van der Waals surface area contributed by atoms with Crippen molar-refractivity contribution in [3.63, 3.8) is 0 Å². The number of hydrogen-bond donors (Lipinski definition) is 0. The summed E-state index contributed by atoms with van der Waals surface area (Å²) in [6.45, 7) is 0. The van der Waals surface area contributed by atoms with Gasteiger partial charge in [0.25, 0.3) is 0 Å². The topological polar surface area (TPSA) is 28.5 Å². The Labute approximate surface area is 86.7 Å². The summed E-state index contributed by atoms with van der Waals surface area (Å²) in [5, 5.41) is 6.85. The van der Waals surface area contributed by atoms with Crippen molar-refractivity contribution in [3.8, 4) is 0 Å². The second-order valence-corrected chi connectivity index (χ2v) is 4.17. The number of nitrogens with zero attached hydrogens (tertiary/aromatic N) is 3. The van der Waals surface area contributed by atoms with Gasteiger partial charge in [0.2, 0.25) is 0 Å². The minimum Gasteiger partial charge on any atom is -0.303 e. The third-order valence-electron chi connectivity index (χ3n) is 1.71. The lowest BCUT2D eigenvalue weighted by molar-refractivity contribution is 0.440. The fourth-order valence-electron chi connectivity index (χ4n) is 1.11. The van der Waals surface area contributed by atoms with Crippen LogP contribution in [0.4, 0.5) is 0 Å². The quantitative estimate of drug-likeness (QED) is 0.555. The van der Waals surface area contributed by atoms with Crippen LogP contribution in [-0.2, 0) is 0 Å². The number of benzene rings is 1. The van der Waals surface area contributed by atoms with Crippen molar-refractivity contribution in [2.24, 2.45) is 5.10 Å². The van der Waals surface area contributed by atoms with Crippen LogP contribution in [-0.4, -0.2) is 30.3 Å². The van der Waals surface area contributed by atoms with Crippen LogP contribution in [0, 0.1) is 0 Å². The van der Waals surface area contributed by atoms with Gasteiger partial charge in [0.15, 0.2) is 0 Å². The summed E-state index contributed by atoms with van der Waals surface area (Å²) >= 11 is 1.65. The zero-order chi connectivity index (χ0) is 9.97. The highest BCUT2D eigenvalue weighted by Gasteiger charge is 1.99. The molecule has 0 aliphatic carbocycles. The van der Waals surface area contributed by atoms with Crippen LogP contribution < -0.4 is 0 Å². The largest absolute Gasteiger partial charge is 0.303 e. The van der Waals surface area contributed by atoms with E-state index in [1.54, 1.807) is 22.6 Å². The van der Waals surface area contributed by atoms with E-state index in [-0.39, 0.29) is 0 Å². The fourth-order valence-corrected chi connectivity index (χ4v) is 1.94. The molecule has 0 bridgehead atoms. The van der Waals surface area contributed by atoms with Crippen molar-refractivity contribution in [2.45, 2.75) is 0 Å². The molecule has 3 nitrogen and oxygen atoms in total. The van der Waals surface area contributed by atoms with Gasteiger partial charge in [-0.05, 0) is 12.1 Å². The fraction of sp³-hybridized carbons (Fsp3) is 0.200. The molecule has 0 unspecified atom stereocenters. The van der Waals surface area contributed by atoms with E-state index >= 15 is 0 Å². The molecule has 0 saturated carbocycles. The molecule has 1 heterocycles. The number of hydrazone groups is 1. The highest BCUT2D eigenvalue weighted by Crippen LogP contribution is 2.19. The Morgan fingerprint density at radius 3 is 2.86 bits per heavy atom. The predicted molar refractivity (Wildman–Crippen MR) is 60.9 cm³/mol. The van der Waals surface area contributed by atoms with Gasteiger partial charge < -0.3 is 5.01 Å². The molecule has 2 aromatic rings. The molecule has 0 atom stereocenters. The van der Waals surface area contributed by atoms with Gasteiger partial charge in [0.05, 0.1) is 16.4 Å². The zero-order valence-electron chi connectivity index (χ0n) is 8.14. The Morgan fingerprint density at radius 2 is 2.14 bits per heavy atom. The third kappa shape index (κ3) is 1.90. The van der Waals surface area contributed by atoms with Crippen molar-refractivity contribution >= 4 is 27.8 Å². The molecule has 2 rings (SSSR count). The van der Waals surface area contributed by atoms with Crippen LogP contribution in [0.25, 0.3) is 10.2 Å². The van der Waals surface area contributed by atoms with E-state index in [9.17, 15) is 0 Å². The van der Waals surface area contributed by atoms with Crippen LogP contribution in [0.3, 0.4) is 0 Å². The second kappa shape index (κ2) is 3.75. The Morgan fingerprint density at radius 1 is 1.36 bits per heavy atom. The van der Waals surface area contributed by atoms with Crippen molar-refractivity contribution in [2.75, 3.05) is 14.1 Å². The average molecular weight is 205 g/mol. The van der Waals surface area contributed by atoms with Gasteiger partial charge in [-0.2, -0.15) is 5.10 Å². The van der Waals surface area contributed by atoms with E-state index < -0.39 is 0 Å². The second-order valence-electron chi connectivity index (χ2n) is 3.11. The van der Waals surface area contributed by atoms with E-state index in [0.29, 0.717) is 0 Å². The number of aromatic nitrogens is 1. The zero-order valence-corrected chi connectivity index (χ0v) is 8.95. The molecule has 0 aliphatic heterocycles. The molecule has 4 heteroatoms. The standard InChI is InChI=1S/C10H11N3S/c1-13(2)11-7-10-12-8-5-3-4-6-9(8)14-10/h3-7H,1-2H3. The number of rotatable bonds is 2. The van der Waals surface area contributed by atoms with E-state index in [1.165, 1.54) is 4.70 Å². The molecular weight excluding hydrogens is 194 g/mol. The summed E-state index contributed by atoms with van der Waals surface area (Å²) in [6.07, 6.45) is 1.78. The van der Waals surface area contributed by atoms with Gasteiger partial charge in [-0.15, -0.1) is 11.3 Å².